The Labute approximate surface area is 114 Å². The molecule has 0 saturated heterocycles. The van der Waals surface area contributed by atoms with E-state index in [1.54, 1.807) is 7.05 Å². The zero-order chi connectivity index (χ0) is 14.3. The van der Waals surface area contributed by atoms with Crippen LogP contribution in [0, 0.1) is 11.3 Å². The van der Waals surface area contributed by atoms with E-state index in [-0.39, 0.29) is 5.91 Å². The Bertz CT molecular complexity index is 448. The highest BCUT2D eigenvalue weighted by atomic mass is 16.5. The summed E-state index contributed by atoms with van der Waals surface area (Å²) in [5, 5.41) is 9.26. The summed E-state index contributed by atoms with van der Waals surface area (Å²) >= 11 is 0. The second-order valence-electron chi connectivity index (χ2n) is 4.29. The Morgan fingerprint density at radius 3 is 2.47 bits per heavy atom. The molecule has 1 atom stereocenters. The fraction of sp³-hybridized carbons (Fsp3) is 0.467. The molecule has 0 fully saturated rings. The van der Waals surface area contributed by atoms with Crippen molar-refractivity contribution >= 4 is 5.91 Å². The first kappa shape index (κ1) is 15.0. The van der Waals surface area contributed by atoms with E-state index in [4.69, 9.17) is 4.74 Å². The van der Waals surface area contributed by atoms with Crippen molar-refractivity contribution in [3.8, 4) is 11.8 Å². The molecule has 0 aliphatic carbocycles. The van der Waals surface area contributed by atoms with Crippen molar-refractivity contribution in [3.05, 3.63) is 29.8 Å². The van der Waals surface area contributed by atoms with E-state index in [1.807, 2.05) is 38.1 Å². The zero-order valence-corrected chi connectivity index (χ0v) is 11.7. The normalized spacial score (nSPS) is 11.5. The Kier molecular flexibility index (Phi) is 5.87. The lowest BCUT2D eigenvalue weighted by atomic mass is 10.1. The van der Waals surface area contributed by atoms with Crippen LogP contribution in [0.15, 0.2) is 24.3 Å². The number of rotatable bonds is 6. The quantitative estimate of drug-likeness (QED) is 0.790. The summed E-state index contributed by atoms with van der Waals surface area (Å²) < 4.78 is 5.36. The molecular formula is C15H20N2O2. The van der Waals surface area contributed by atoms with Gasteiger partial charge >= 0.3 is 0 Å². The maximum absolute atomic E-state index is 11.8. The summed E-state index contributed by atoms with van der Waals surface area (Å²) in [7, 11) is 1.67. The van der Waals surface area contributed by atoms with Gasteiger partial charge in [0.2, 0.25) is 5.91 Å². The van der Waals surface area contributed by atoms with E-state index in [0.717, 1.165) is 17.7 Å². The third kappa shape index (κ3) is 3.99. The molecule has 4 nitrogen and oxygen atoms in total. The monoisotopic (exact) mass is 260 g/mol. The van der Waals surface area contributed by atoms with Crippen LogP contribution in [0.1, 0.15) is 38.3 Å². The molecule has 0 saturated carbocycles. The number of hydrogen-bond donors (Lipinski definition) is 0. The number of carbonyl (C=O) groups is 1. The van der Waals surface area contributed by atoms with Gasteiger partial charge in [-0.3, -0.25) is 4.79 Å². The molecule has 1 rings (SSSR count). The van der Waals surface area contributed by atoms with Gasteiger partial charge in [-0.05, 0) is 31.0 Å². The van der Waals surface area contributed by atoms with Gasteiger partial charge in [0.1, 0.15) is 11.8 Å². The predicted octanol–water partition coefficient (Wildman–Crippen LogP) is 2.91. The number of ether oxygens (including phenoxy) is 1. The van der Waals surface area contributed by atoms with Crippen molar-refractivity contribution in [2.45, 2.75) is 32.7 Å². The minimum absolute atomic E-state index is 0.0112. The SMILES string of the molecule is CCCC(=O)N(C)C(C#N)c1ccc(OCC)cc1. The van der Waals surface area contributed by atoms with Crippen molar-refractivity contribution in [1.29, 1.82) is 5.26 Å². The Morgan fingerprint density at radius 2 is 2.00 bits per heavy atom. The average molecular weight is 260 g/mol. The molecule has 0 aliphatic heterocycles. The summed E-state index contributed by atoms with van der Waals surface area (Å²) in [4.78, 5) is 13.3. The molecule has 0 radical (unpaired) electrons. The number of hydrogen-bond acceptors (Lipinski definition) is 3. The molecular weight excluding hydrogens is 240 g/mol. The Hall–Kier alpha value is -2.02. The molecule has 102 valence electrons. The summed E-state index contributed by atoms with van der Waals surface area (Å²) in [6.45, 7) is 4.48. The maximum atomic E-state index is 11.8. The molecule has 1 amide bonds. The van der Waals surface area contributed by atoms with Crippen LogP contribution < -0.4 is 4.74 Å². The van der Waals surface area contributed by atoms with Gasteiger partial charge < -0.3 is 9.64 Å². The van der Waals surface area contributed by atoms with Crippen molar-refractivity contribution in [3.63, 3.8) is 0 Å². The molecule has 1 aromatic carbocycles. The lowest BCUT2D eigenvalue weighted by Gasteiger charge is -2.23. The van der Waals surface area contributed by atoms with Gasteiger partial charge in [0.15, 0.2) is 0 Å². The van der Waals surface area contributed by atoms with E-state index in [1.165, 1.54) is 4.90 Å². The molecule has 1 aromatic rings. The van der Waals surface area contributed by atoms with Crippen LogP contribution in [0.3, 0.4) is 0 Å². The summed E-state index contributed by atoms with van der Waals surface area (Å²) in [5.74, 6) is 0.758. The highest BCUT2D eigenvalue weighted by molar-refractivity contribution is 5.76. The Balaban J connectivity index is 2.85. The fourth-order valence-corrected chi connectivity index (χ4v) is 1.83. The molecule has 0 aliphatic rings. The van der Waals surface area contributed by atoms with Crippen molar-refractivity contribution in [2.75, 3.05) is 13.7 Å². The lowest BCUT2D eigenvalue weighted by molar-refractivity contribution is -0.131. The Morgan fingerprint density at radius 1 is 1.37 bits per heavy atom. The molecule has 0 aromatic heterocycles. The van der Waals surface area contributed by atoms with Crippen LogP contribution >= 0.6 is 0 Å². The minimum Gasteiger partial charge on any atom is -0.494 e. The largest absolute Gasteiger partial charge is 0.494 e. The van der Waals surface area contributed by atoms with Crippen molar-refractivity contribution in [2.24, 2.45) is 0 Å². The predicted molar refractivity (Wildman–Crippen MR) is 73.6 cm³/mol. The summed E-state index contributed by atoms with van der Waals surface area (Å²) in [5.41, 5.74) is 0.804. The first-order chi connectivity index (χ1) is 9.13. The highest BCUT2D eigenvalue weighted by Crippen LogP contribution is 2.22. The third-order valence-corrected chi connectivity index (χ3v) is 2.87. The third-order valence-electron chi connectivity index (χ3n) is 2.87. The molecule has 19 heavy (non-hydrogen) atoms. The van der Waals surface area contributed by atoms with E-state index < -0.39 is 6.04 Å². The second-order valence-corrected chi connectivity index (χ2v) is 4.29. The standard InChI is InChI=1S/C15H20N2O2/c1-4-6-15(18)17(3)14(11-16)12-7-9-13(10-8-12)19-5-2/h7-10,14H,4-6H2,1-3H3. The fourth-order valence-electron chi connectivity index (χ4n) is 1.83. The molecule has 4 heteroatoms. The molecule has 0 bridgehead atoms. The van der Waals surface area contributed by atoms with Gasteiger partial charge in [-0.25, -0.2) is 0 Å². The number of benzene rings is 1. The minimum atomic E-state index is -0.547. The van der Waals surface area contributed by atoms with Crippen LogP contribution in [0.4, 0.5) is 0 Å². The van der Waals surface area contributed by atoms with E-state index in [0.29, 0.717) is 13.0 Å². The van der Waals surface area contributed by atoms with E-state index >= 15 is 0 Å². The number of nitriles is 1. The van der Waals surface area contributed by atoms with Gasteiger partial charge in [-0.2, -0.15) is 5.26 Å². The first-order valence-corrected chi connectivity index (χ1v) is 6.52. The summed E-state index contributed by atoms with van der Waals surface area (Å²) in [6, 6.07) is 8.92. The van der Waals surface area contributed by atoms with Gasteiger partial charge in [-0.15, -0.1) is 0 Å². The molecule has 0 N–H and O–H groups in total. The van der Waals surface area contributed by atoms with Gasteiger partial charge in [0, 0.05) is 13.5 Å². The maximum Gasteiger partial charge on any atom is 0.223 e. The van der Waals surface area contributed by atoms with Crippen molar-refractivity contribution in [1.82, 2.24) is 4.90 Å². The van der Waals surface area contributed by atoms with E-state index in [2.05, 4.69) is 6.07 Å². The molecule has 0 heterocycles. The topological polar surface area (TPSA) is 53.3 Å². The zero-order valence-electron chi connectivity index (χ0n) is 11.7. The second kappa shape index (κ2) is 7.42. The molecule has 1 unspecified atom stereocenters. The van der Waals surface area contributed by atoms with Crippen LogP contribution in [-0.4, -0.2) is 24.5 Å². The van der Waals surface area contributed by atoms with Gasteiger partial charge in [0.05, 0.1) is 12.7 Å². The summed E-state index contributed by atoms with van der Waals surface area (Å²) in [6.07, 6.45) is 1.25. The van der Waals surface area contributed by atoms with Crippen LogP contribution in [0.5, 0.6) is 5.75 Å². The van der Waals surface area contributed by atoms with Gasteiger partial charge in [-0.1, -0.05) is 19.1 Å². The number of nitrogens with zero attached hydrogens (tertiary/aromatic N) is 2. The van der Waals surface area contributed by atoms with Crippen LogP contribution in [0.2, 0.25) is 0 Å². The molecule has 0 spiro atoms. The van der Waals surface area contributed by atoms with Gasteiger partial charge in [0.25, 0.3) is 0 Å². The smallest absolute Gasteiger partial charge is 0.223 e. The average Bonchev–Trinajstić information content (AvgIpc) is 2.42. The van der Waals surface area contributed by atoms with Crippen LogP contribution in [0.25, 0.3) is 0 Å². The van der Waals surface area contributed by atoms with Crippen molar-refractivity contribution < 1.29 is 9.53 Å². The van der Waals surface area contributed by atoms with E-state index in [9.17, 15) is 10.1 Å². The van der Waals surface area contributed by atoms with Crippen LogP contribution in [-0.2, 0) is 4.79 Å². The lowest BCUT2D eigenvalue weighted by Crippen LogP contribution is -2.30. The highest BCUT2D eigenvalue weighted by Gasteiger charge is 2.20. The first-order valence-electron chi connectivity index (χ1n) is 6.52. The number of carbonyl (C=O) groups excluding carboxylic acids is 1. The number of amides is 1.